The predicted octanol–water partition coefficient (Wildman–Crippen LogP) is 10.8. The molecule has 0 radical (unpaired) electrons. The van der Waals surface area contributed by atoms with Gasteiger partial charge in [0.1, 0.15) is 6.04 Å². The van der Waals surface area contributed by atoms with Crippen LogP contribution in [0.3, 0.4) is 0 Å². The Morgan fingerprint density at radius 2 is 0.978 bits per heavy atom. The lowest BCUT2D eigenvalue weighted by atomic mass is 10.1. The summed E-state index contributed by atoms with van der Waals surface area (Å²) in [5.74, 6) is -0.129. The zero-order valence-corrected chi connectivity index (χ0v) is 29.9. The molecule has 262 valence electrons. The Balaban J connectivity index is 3.72. The van der Waals surface area contributed by atoms with Crippen LogP contribution in [0.4, 0.5) is 0 Å². The van der Waals surface area contributed by atoms with E-state index in [1.807, 2.05) is 0 Å². The van der Waals surface area contributed by atoms with E-state index in [9.17, 15) is 9.59 Å². The normalized spacial score (nSPS) is 12.5. The fourth-order valence-corrected chi connectivity index (χ4v) is 5.51. The number of hydrogen-bond acceptors (Lipinski definition) is 3. The lowest BCUT2D eigenvalue weighted by Gasteiger charge is -2.18. The second-order valence-corrected chi connectivity index (χ2v) is 12.9. The second kappa shape index (κ2) is 36.6. The predicted molar refractivity (Wildman–Crippen MR) is 197 cm³/mol. The van der Waals surface area contributed by atoms with Crippen molar-refractivity contribution in [3.05, 3.63) is 36.5 Å². The number of nitrogens with one attached hydrogen (secondary N) is 2. The van der Waals surface area contributed by atoms with Gasteiger partial charge in [0.15, 0.2) is 0 Å². The molecule has 1 unspecified atom stereocenters. The standard InChI is InChI=1S/C40H75N3O2/c1-3-5-7-9-11-13-15-17-19-21-23-25-27-29-31-33-37-42-40(45)38(35-36-41)43-39(44)34-32-30-28-26-24-22-20-18-16-14-12-10-8-6-4-2/h11,13,17-20,38H,3-10,12,14-16,21-37,41H2,1-2H3,(H,42,45)(H,43,44). The number of carbonyl (C=O) groups excluding carboxylic acids is 2. The summed E-state index contributed by atoms with van der Waals surface area (Å²) in [5, 5.41) is 5.94. The first-order valence-electron chi connectivity index (χ1n) is 19.4. The molecule has 45 heavy (non-hydrogen) atoms. The van der Waals surface area contributed by atoms with Crippen LogP contribution in [-0.2, 0) is 9.59 Å². The van der Waals surface area contributed by atoms with Crippen molar-refractivity contribution in [3.8, 4) is 0 Å². The average Bonchev–Trinajstić information content (AvgIpc) is 3.04. The summed E-state index contributed by atoms with van der Waals surface area (Å²) in [6.07, 6.45) is 45.5. The summed E-state index contributed by atoms with van der Waals surface area (Å²) in [6.45, 7) is 5.56. The third-order valence-electron chi connectivity index (χ3n) is 8.45. The molecule has 1 atom stereocenters. The highest BCUT2D eigenvalue weighted by molar-refractivity contribution is 5.87. The first-order valence-corrected chi connectivity index (χ1v) is 19.4. The molecule has 2 amide bonds. The molecule has 0 aliphatic carbocycles. The van der Waals surface area contributed by atoms with Gasteiger partial charge in [0.05, 0.1) is 0 Å². The maximum Gasteiger partial charge on any atom is 0.242 e. The summed E-state index contributed by atoms with van der Waals surface area (Å²) in [5.41, 5.74) is 5.73. The maximum atomic E-state index is 12.6. The van der Waals surface area contributed by atoms with E-state index in [-0.39, 0.29) is 11.8 Å². The summed E-state index contributed by atoms with van der Waals surface area (Å²) < 4.78 is 0. The van der Waals surface area contributed by atoms with E-state index in [0.29, 0.717) is 25.9 Å². The van der Waals surface area contributed by atoms with Crippen molar-refractivity contribution in [2.45, 2.75) is 193 Å². The lowest BCUT2D eigenvalue weighted by molar-refractivity contribution is -0.129. The summed E-state index contributed by atoms with van der Waals surface area (Å²) >= 11 is 0. The van der Waals surface area contributed by atoms with Gasteiger partial charge in [-0.15, -0.1) is 0 Å². The van der Waals surface area contributed by atoms with Gasteiger partial charge in [0, 0.05) is 13.0 Å². The quantitative estimate of drug-likeness (QED) is 0.0489. The SMILES string of the molecule is CCCCCC=CCC=CCCCCCCCCNC(=O)C(CCN)NC(=O)CCCCCCCC=CCCCCCCCC. The summed E-state index contributed by atoms with van der Waals surface area (Å²) in [6, 6.07) is -0.518. The van der Waals surface area contributed by atoms with E-state index < -0.39 is 6.04 Å². The third-order valence-corrected chi connectivity index (χ3v) is 8.45. The van der Waals surface area contributed by atoms with Crippen LogP contribution >= 0.6 is 0 Å². The molecular formula is C40H75N3O2. The maximum absolute atomic E-state index is 12.6. The average molecular weight is 630 g/mol. The second-order valence-electron chi connectivity index (χ2n) is 12.9. The van der Waals surface area contributed by atoms with Crippen molar-refractivity contribution < 1.29 is 9.59 Å². The minimum absolute atomic E-state index is 0.0325. The fraction of sp³-hybridized carbons (Fsp3) is 0.800. The van der Waals surface area contributed by atoms with Crippen molar-refractivity contribution in [2.75, 3.05) is 13.1 Å². The van der Waals surface area contributed by atoms with Gasteiger partial charge in [-0.1, -0.05) is 140 Å². The van der Waals surface area contributed by atoms with E-state index >= 15 is 0 Å². The number of allylic oxidation sites excluding steroid dienone is 6. The molecule has 0 spiro atoms. The number of carbonyl (C=O) groups is 2. The van der Waals surface area contributed by atoms with Gasteiger partial charge in [-0.05, 0) is 83.6 Å². The Bertz CT molecular complexity index is 731. The van der Waals surface area contributed by atoms with Crippen LogP contribution in [0.2, 0.25) is 0 Å². The molecule has 0 heterocycles. The number of hydrogen-bond donors (Lipinski definition) is 3. The van der Waals surface area contributed by atoms with Crippen LogP contribution < -0.4 is 16.4 Å². The highest BCUT2D eigenvalue weighted by atomic mass is 16.2. The monoisotopic (exact) mass is 630 g/mol. The van der Waals surface area contributed by atoms with Crippen molar-refractivity contribution in [1.82, 2.24) is 10.6 Å². The van der Waals surface area contributed by atoms with Crippen LogP contribution in [-0.4, -0.2) is 30.9 Å². The van der Waals surface area contributed by atoms with E-state index in [4.69, 9.17) is 5.73 Å². The lowest BCUT2D eigenvalue weighted by Crippen LogP contribution is -2.47. The molecule has 0 aromatic carbocycles. The zero-order valence-electron chi connectivity index (χ0n) is 29.9. The van der Waals surface area contributed by atoms with Gasteiger partial charge >= 0.3 is 0 Å². The van der Waals surface area contributed by atoms with Gasteiger partial charge in [0.2, 0.25) is 11.8 Å². The van der Waals surface area contributed by atoms with E-state index in [2.05, 4.69) is 60.9 Å². The van der Waals surface area contributed by atoms with Crippen molar-refractivity contribution in [2.24, 2.45) is 5.73 Å². The Kier molecular flexibility index (Phi) is 35.1. The van der Waals surface area contributed by atoms with Gasteiger partial charge in [0.25, 0.3) is 0 Å². The van der Waals surface area contributed by atoms with E-state index in [1.54, 1.807) is 0 Å². The fourth-order valence-electron chi connectivity index (χ4n) is 5.51. The van der Waals surface area contributed by atoms with Crippen molar-refractivity contribution >= 4 is 11.8 Å². The van der Waals surface area contributed by atoms with Crippen molar-refractivity contribution in [1.29, 1.82) is 0 Å². The Morgan fingerprint density at radius 1 is 0.556 bits per heavy atom. The molecule has 0 aliphatic heterocycles. The van der Waals surface area contributed by atoms with Crippen LogP contribution in [0, 0.1) is 0 Å². The van der Waals surface area contributed by atoms with Gasteiger partial charge < -0.3 is 16.4 Å². The number of nitrogens with two attached hydrogens (primary N) is 1. The summed E-state index contributed by atoms with van der Waals surface area (Å²) in [4.78, 5) is 25.1. The number of amides is 2. The largest absolute Gasteiger partial charge is 0.354 e. The molecule has 0 aliphatic rings. The molecule has 0 bridgehead atoms. The highest BCUT2D eigenvalue weighted by Gasteiger charge is 2.19. The van der Waals surface area contributed by atoms with Crippen LogP contribution in [0.15, 0.2) is 36.5 Å². The third kappa shape index (κ3) is 33.3. The van der Waals surface area contributed by atoms with Crippen molar-refractivity contribution in [3.63, 3.8) is 0 Å². The molecule has 0 aromatic rings. The Labute approximate surface area is 280 Å². The minimum Gasteiger partial charge on any atom is -0.354 e. The topological polar surface area (TPSA) is 84.2 Å². The van der Waals surface area contributed by atoms with Crippen LogP contribution in [0.5, 0.6) is 0 Å². The highest BCUT2D eigenvalue weighted by Crippen LogP contribution is 2.11. The zero-order chi connectivity index (χ0) is 32.9. The Hall–Kier alpha value is -1.88. The first kappa shape index (κ1) is 43.1. The van der Waals surface area contributed by atoms with Crippen LogP contribution in [0.25, 0.3) is 0 Å². The molecule has 0 fully saturated rings. The molecule has 0 saturated heterocycles. The van der Waals surface area contributed by atoms with E-state index in [1.165, 1.54) is 128 Å². The molecule has 4 N–H and O–H groups in total. The molecule has 5 nitrogen and oxygen atoms in total. The van der Waals surface area contributed by atoms with Gasteiger partial charge in [-0.25, -0.2) is 0 Å². The van der Waals surface area contributed by atoms with Gasteiger partial charge in [-0.3, -0.25) is 9.59 Å². The number of rotatable bonds is 34. The molecule has 0 rings (SSSR count). The van der Waals surface area contributed by atoms with E-state index in [0.717, 1.165) is 32.1 Å². The molecule has 5 heteroatoms. The Morgan fingerprint density at radius 3 is 1.51 bits per heavy atom. The van der Waals surface area contributed by atoms with Gasteiger partial charge in [-0.2, -0.15) is 0 Å². The van der Waals surface area contributed by atoms with Crippen LogP contribution in [0.1, 0.15) is 187 Å². The molecular weight excluding hydrogens is 554 g/mol. The molecule has 0 saturated carbocycles. The number of unbranched alkanes of at least 4 members (excludes halogenated alkanes) is 20. The first-order chi connectivity index (χ1) is 22.2. The minimum atomic E-state index is -0.518. The summed E-state index contributed by atoms with van der Waals surface area (Å²) in [7, 11) is 0. The molecule has 0 aromatic heterocycles. The smallest absolute Gasteiger partial charge is 0.242 e.